The highest BCUT2D eigenvalue weighted by Crippen LogP contribution is 2.14. The second kappa shape index (κ2) is 6.51. The number of carbonyl (C=O) groups is 4. The number of rotatable bonds is 4. The van der Waals surface area contributed by atoms with Gasteiger partial charge in [-0.15, -0.1) is 14.4 Å². The Labute approximate surface area is 141 Å². The van der Waals surface area contributed by atoms with Gasteiger partial charge in [-0.25, -0.2) is 10.2 Å². The third-order valence-corrected chi connectivity index (χ3v) is 3.44. The van der Waals surface area contributed by atoms with Crippen molar-refractivity contribution in [3.05, 3.63) is 48.0 Å². The largest absolute Gasteiger partial charge is 0.363 e. The molecule has 1 fully saturated rings. The van der Waals surface area contributed by atoms with Gasteiger partial charge in [-0.05, 0) is 24.3 Å². The normalized spacial score (nSPS) is 13.9. The molecule has 0 radical (unpaired) electrons. The highest BCUT2D eigenvalue weighted by molar-refractivity contribution is 6.03. The van der Waals surface area contributed by atoms with Crippen molar-refractivity contribution in [2.75, 3.05) is 5.43 Å². The first kappa shape index (κ1) is 16.3. The standard InChI is InChI=1S/C15H13N5O5/c1-18-9-19(8-16-18)17-14(23)10-2-4-11(5-3-10)15(24)25-20-12(21)6-7-13(20)22/h2-5,8-9H,6-7H2,1H3/p+1. The maximum absolute atomic E-state index is 12.1. The van der Waals surface area contributed by atoms with Crippen LogP contribution in [0.1, 0.15) is 33.6 Å². The molecule has 2 heterocycles. The van der Waals surface area contributed by atoms with E-state index in [4.69, 9.17) is 4.84 Å². The predicted octanol–water partition coefficient (Wildman–Crippen LogP) is -0.688. The third-order valence-electron chi connectivity index (χ3n) is 3.44. The molecule has 2 aromatic rings. The number of benzene rings is 1. The Morgan fingerprint density at radius 1 is 1.12 bits per heavy atom. The van der Waals surface area contributed by atoms with Crippen LogP contribution in [-0.4, -0.2) is 38.5 Å². The zero-order valence-corrected chi connectivity index (χ0v) is 13.2. The van der Waals surface area contributed by atoms with Crippen LogP contribution in [0.5, 0.6) is 0 Å². The van der Waals surface area contributed by atoms with Gasteiger partial charge in [0, 0.05) is 23.5 Å². The second-order valence-corrected chi connectivity index (χ2v) is 5.31. The average Bonchev–Trinajstić information content (AvgIpc) is 3.14. The zero-order chi connectivity index (χ0) is 18.0. The first-order chi connectivity index (χ1) is 11.9. The molecule has 1 aliphatic rings. The van der Waals surface area contributed by atoms with Crippen LogP contribution in [-0.2, 0) is 21.5 Å². The molecule has 1 aliphatic heterocycles. The first-order valence-electron chi connectivity index (χ1n) is 7.33. The minimum absolute atomic E-state index is 0.0250. The van der Waals surface area contributed by atoms with Gasteiger partial charge in [-0.3, -0.25) is 14.4 Å². The second-order valence-electron chi connectivity index (χ2n) is 5.31. The molecule has 0 saturated carbocycles. The number of hydroxylamine groups is 2. The first-order valence-corrected chi connectivity index (χ1v) is 7.33. The summed E-state index contributed by atoms with van der Waals surface area (Å²) in [5, 5.41) is 4.38. The summed E-state index contributed by atoms with van der Waals surface area (Å²) in [4.78, 5) is 51.7. The van der Waals surface area contributed by atoms with Gasteiger partial charge in [0.15, 0.2) is 0 Å². The lowest BCUT2D eigenvalue weighted by molar-refractivity contribution is -0.642. The molecule has 1 N–H and O–H groups in total. The molecule has 3 amide bonds. The fourth-order valence-corrected chi connectivity index (χ4v) is 2.17. The van der Waals surface area contributed by atoms with Gasteiger partial charge >= 0.3 is 5.97 Å². The van der Waals surface area contributed by atoms with Crippen molar-refractivity contribution < 1.29 is 28.7 Å². The maximum atomic E-state index is 12.1. The molecule has 0 aliphatic carbocycles. The fraction of sp³-hybridized carbons (Fsp3) is 0.200. The Morgan fingerprint density at radius 2 is 1.72 bits per heavy atom. The van der Waals surface area contributed by atoms with Crippen LogP contribution in [0.2, 0.25) is 0 Å². The molecule has 0 spiro atoms. The Kier molecular flexibility index (Phi) is 4.25. The zero-order valence-electron chi connectivity index (χ0n) is 13.2. The summed E-state index contributed by atoms with van der Waals surface area (Å²) in [6.45, 7) is 0. The smallest absolute Gasteiger partial charge is 0.325 e. The summed E-state index contributed by atoms with van der Waals surface area (Å²) in [7, 11) is 1.71. The van der Waals surface area contributed by atoms with Crippen molar-refractivity contribution in [3.8, 4) is 0 Å². The van der Waals surface area contributed by atoms with E-state index in [1.807, 2.05) is 0 Å². The van der Waals surface area contributed by atoms with Crippen LogP contribution in [0, 0.1) is 0 Å². The lowest BCUT2D eigenvalue weighted by atomic mass is 10.1. The number of aromatic nitrogens is 3. The van der Waals surface area contributed by atoms with E-state index >= 15 is 0 Å². The predicted molar refractivity (Wildman–Crippen MR) is 80.0 cm³/mol. The minimum atomic E-state index is -0.850. The summed E-state index contributed by atoms with van der Waals surface area (Å²) in [6, 6.07) is 5.60. The van der Waals surface area contributed by atoms with Crippen LogP contribution < -0.4 is 10.1 Å². The van der Waals surface area contributed by atoms with Crippen molar-refractivity contribution in [1.82, 2.24) is 14.8 Å². The Bertz CT molecular complexity index is 841. The molecule has 3 rings (SSSR count). The Morgan fingerprint density at radius 3 is 2.28 bits per heavy atom. The summed E-state index contributed by atoms with van der Waals surface area (Å²) in [5.41, 5.74) is 2.99. The van der Waals surface area contributed by atoms with E-state index in [0.717, 1.165) is 0 Å². The van der Waals surface area contributed by atoms with Gasteiger partial charge in [0.1, 0.15) is 0 Å². The number of hydrogen-bond donors (Lipinski definition) is 1. The topological polar surface area (TPSA) is 114 Å². The highest BCUT2D eigenvalue weighted by atomic mass is 16.7. The molecule has 10 heteroatoms. The molecule has 0 unspecified atom stereocenters. The van der Waals surface area contributed by atoms with E-state index < -0.39 is 23.7 Å². The molecule has 1 saturated heterocycles. The van der Waals surface area contributed by atoms with E-state index in [1.165, 1.54) is 40.0 Å². The van der Waals surface area contributed by atoms with Crippen LogP contribution in [0.4, 0.5) is 0 Å². The monoisotopic (exact) mass is 344 g/mol. The van der Waals surface area contributed by atoms with Crippen LogP contribution in [0.3, 0.4) is 0 Å². The van der Waals surface area contributed by atoms with E-state index in [2.05, 4.69) is 10.5 Å². The molecule has 0 atom stereocenters. The maximum Gasteiger partial charge on any atom is 0.363 e. The number of nitrogens with one attached hydrogen (secondary N) is 1. The molecule has 1 aromatic heterocycles. The number of carbonyl (C=O) groups excluding carboxylic acids is 4. The van der Waals surface area contributed by atoms with Crippen molar-refractivity contribution in [3.63, 3.8) is 0 Å². The number of hydrogen-bond acceptors (Lipinski definition) is 6. The van der Waals surface area contributed by atoms with E-state index in [0.29, 0.717) is 10.6 Å². The van der Waals surface area contributed by atoms with Crippen molar-refractivity contribution in [2.45, 2.75) is 12.8 Å². The number of amides is 3. The Balaban J connectivity index is 1.65. The molecule has 128 valence electrons. The highest BCUT2D eigenvalue weighted by Gasteiger charge is 2.33. The molecular weight excluding hydrogens is 330 g/mol. The Hall–Kier alpha value is -3.56. The lowest BCUT2D eigenvalue weighted by Crippen LogP contribution is -2.46. The van der Waals surface area contributed by atoms with Crippen LogP contribution in [0.25, 0.3) is 0 Å². The van der Waals surface area contributed by atoms with Crippen molar-refractivity contribution in [1.29, 1.82) is 0 Å². The third kappa shape index (κ3) is 3.52. The van der Waals surface area contributed by atoms with Gasteiger partial charge in [-0.1, -0.05) is 0 Å². The summed E-state index contributed by atoms with van der Waals surface area (Å²) in [6.07, 6.45) is 3.04. The van der Waals surface area contributed by atoms with E-state index in [9.17, 15) is 19.2 Å². The van der Waals surface area contributed by atoms with E-state index in [-0.39, 0.29) is 18.4 Å². The van der Waals surface area contributed by atoms with Crippen LogP contribution >= 0.6 is 0 Å². The SMILES string of the molecule is Cn1c[n+](NC(=O)c2ccc(C(=O)ON3C(=O)CCC3=O)cc2)cn1. The van der Waals surface area contributed by atoms with Crippen molar-refractivity contribution >= 4 is 23.7 Å². The summed E-state index contributed by atoms with van der Waals surface area (Å²) >= 11 is 0. The van der Waals surface area contributed by atoms with Gasteiger partial charge in [0.2, 0.25) is 6.33 Å². The minimum Gasteiger partial charge on any atom is -0.325 e. The van der Waals surface area contributed by atoms with Crippen molar-refractivity contribution in [2.24, 2.45) is 7.05 Å². The lowest BCUT2D eigenvalue weighted by Gasteiger charge is -2.12. The molecule has 25 heavy (non-hydrogen) atoms. The average molecular weight is 344 g/mol. The number of imide groups is 1. The molecular formula is C15H14N5O5+. The number of nitrogens with zero attached hydrogens (tertiary/aromatic N) is 4. The molecule has 10 nitrogen and oxygen atoms in total. The van der Waals surface area contributed by atoms with E-state index in [1.54, 1.807) is 13.4 Å². The fourth-order valence-electron chi connectivity index (χ4n) is 2.17. The summed E-state index contributed by atoms with van der Waals surface area (Å²) in [5.74, 6) is -2.36. The molecule has 0 bridgehead atoms. The van der Waals surface area contributed by atoms with Gasteiger partial charge in [0.25, 0.3) is 24.0 Å². The molecule has 1 aromatic carbocycles. The van der Waals surface area contributed by atoms with Crippen LogP contribution in [0.15, 0.2) is 36.9 Å². The van der Waals surface area contributed by atoms with Gasteiger partial charge in [-0.2, -0.15) is 0 Å². The quantitative estimate of drug-likeness (QED) is 0.580. The van der Waals surface area contributed by atoms with Gasteiger partial charge < -0.3 is 4.84 Å². The van der Waals surface area contributed by atoms with Gasteiger partial charge in [0.05, 0.1) is 12.6 Å². The number of aryl methyl sites for hydroxylation is 1. The summed E-state index contributed by atoms with van der Waals surface area (Å²) < 4.78 is 2.90.